The van der Waals surface area contributed by atoms with Gasteiger partial charge in [-0.15, -0.1) is 0 Å². The van der Waals surface area contributed by atoms with Crippen molar-refractivity contribution < 1.29 is 18.8 Å². The van der Waals surface area contributed by atoms with E-state index in [0.717, 1.165) is 16.9 Å². The Morgan fingerprint density at radius 3 is 2.61 bits per heavy atom. The quantitative estimate of drug-likeness (QED) is 0.396. The Bertz CT molecular complexity index is 1050. The molecule has 0 aliphatic rings. The molecule has 0 aliphatic heterocycles. The first-order valence-corrected chi connectivity index (χ1v) is 10.3. The lowest BCUT2D eigenvalue weighted by Gasteiger charge is -2.13. The van der Waals surface area contributed by atoms with Crippen molar-refractivity contribution in [3.63, 3.8) is 0 Å². The number of hydrogen-bond donors (Lipinski definition) is 2. The van der Waals surface area contributed by atoms with Gasteiger partial charge in [-0.05, 0) is 75.0 Å². The number of thiocarbonyl (C=S) groups is 1. The fourth-order valence-corrected chi connectivity index (χ4v) is 3.02. The zero-order chi connectivity index (χ0) is 22.2. The number of rotatable bonds is 8. The summed E-state index contributed by atoms with van der Waals surface area (Å²) in [4.78, 5) is 16.4. The molecule has 0 unspecified atom stereocenters. The third-order valence-corrected chi connectivity index (χ3v) is 4.62. The molecule has 3 rings (SSSR count). The van der Waals surface area contributed by atoms with Crippen LogP contribution in [0.2, 0.25) is 0 Å². The van der Waals surface area contributed by atoms with Crippen LogP contribution >= 0.6 is 12.2 Å². The lowest BCUT2D eigenvalue weighted by atomic mass is 10.1. The van der Waals surface area contributed by atoms with Gasteiger partial charge in [0.1, 0.15) is 5.75 Å². The zero-order valence-corrected chi connectivity index (χ0v) is 18.4. The molecule has 162 valence electrons. The molecule has 1 heterocycles. The van der Waals surface area contributed by atoms with Gasteiger partial charge >= 0.3 is 5.97 Å². The number of anilines is 1. The van der Waals surface area contributed by atoms with E-state index in [2.05, 4.69) is 20.8 Å². The Balaban J connectivity index is 1.58. The van der Waals surface area contributed by atoms with Crippen LogP contribution in [0.3, 0.4) is 0 Å². The minimum atomic E-state index is -0.366. The van der Waals surface area contributed by atoms with Crippen LogP contribution in [0.4, 0.5) is 5.69 Å². The number of benzene rings is 2. The highest BCUT2D eigenvalue weighted by Crippen LogP contribution is 2.21. The van der Waals surface area contributed by atoms with E-state index in [9.17, 15) is 4.79 Å². The Morgan fingerprint density at radius 1 is 1.13 bits per heavy atom. The normalized spacial score (nSPS) is 10.4. The molecule has 8 nitrogen and oxygen atoms in total. The van der Waals surface area contributed by atoms with Crippen molar-refractivity contribution in [2.75, 3.05) is 18.5 Å². The molecule has 0 saturated carbocycles. The maximum Gasteiger partial charge on any atom is 0.338 e. The van der Waals surface area contributed by atoms with E-state index < -0.39 is 0 Å². The molecular formula is C22H24N4O4S. The van der Waals surface area contributed by atoms with E-state index >= 15 is 0 Å². The van der Waals surface area contributed by atoms with Gasteiger partial charge in [-0.3, -0.25) is 0 Å². The third-order valence-electron chi connectivity index (χ3n) is 4.37. The van der Waals surface area contributed by atoms with Gasteiger partial charge in [0.25, 0.3) is 0 Å². The highest BCUT2D eigenvalue weighted by Gasteiger charge is 2.14. The van der Waals surface area contributed by atoms with Crippen LogP contribution < -0.4 is 15.4 Å². The van der Waals surface area contributed by atoms with Gasteiger partial charge in [0.15, 0.2) is 5.11 Å². The maximum absolute atomic E-state index is 12.1. The molecule has 31 heavy (non-hydrogen) atoms. The van der Waals surface area contributed by atoms with Gasteiger partial charge in [0.05, 0.1) is 25.3 Å². The molecule has 2 aromatic carbocycles. The third kappa shape index (κ3) is 5.79. The van der Waals surface area contributed by atoms with E-state index in [-0.39, 0.29) is 12.5 Å². The van der Waals surface area contributed by atoms with Crippen molar-refractivity contribution in [2.45, 2.75) is 27.3 Å². The summed E-state index contributed by atoms with van der Waals surface area (Å²) in [6.07, 6.45) is 0. The number of carbonyl (C=O) groups is 1. The number of carbonyl (C=O) groups excluding carboxylic acids is 1. The highest BCUT2D eigenvalue weighted by atomic mass is 32.1. The first kappa shape index (κ1) is 22.2. The smallest absolute Gasteiger partial charge is 0.338 e. The zero-order valence-electron chi connectivity index (χ0n) is 17.6. The van der Waals surface area contributed by atoms with Crippen LogP contribution in [0.5, 0.6) is 5.75 Å². The largest absolute Gasteiger partial charge is 0.494 e. The topological polar surface area (TPSA) is 98.5 Å². The average molecular weight is 441 g/mol. The van der Waals surface area contributed by atoms with Gasteiger partial charge < -0.3 is 24.6 Å². The summed E-state index contributed by atoms with van der Waals surface area (Å²) >= 11 is 5.35. The summed E-state index contributed by atoms with van der Waals surface area (Å²) in [6, 6.07) is 12.8. The first-order chi connectivity index (χ1) is 15.0. The predicted molar refractivity (Wildman–Crippen MR) is 121 cm³/mol. The Morgan fingerprint density at radius 2 is 1.90 bits per heavy atom. The van der Waals surface area contributed by atoms with Crippen molar-refractivity contribution in [2.24, 2.45) is 0 Å². The van der Waals surface area contributed by atoms with E-state index in [0.29, 0.717) is 41.3 Å². The van der Waals surface area contributed by atoms with Crippen LogP contribution in [0.1, 0.15) is 35.7 Å². The first-order valence-electron chi connectivity index (χ1n) is 9.89. The molecule has 0 fully saturated rings. The highest BCUT2D eigenvalue weighted by molar-refractivity contribution is 7.80. The van der Waals surface area contributed by atoms with Crippen LogP contribution in [-0.2, 0) is 11.3 Å². The monoisotopic (exact) mass is 440 g/mol. The SMILES string of the molecule is CCOC(=O)c1cccc(NC(=S)NCc2nc(-c3ccc(OCC)cc3)no2)c1C. The van der Waals surface area contributed by atoms with Gasteiger partial charge in [0.2, 0.25) is 11.7 Å². The Labute approximate surface area is 185 Å². The number of nitrogens with one attached hydrogen (secondary N) is 2. The van der Waals surface area contributed by atoms with Crippen molar-refractivity contribution in [3.05, 3.63) is 59.5 Å². The summed E-state index contributed by atoms with van der Waals surface area (Å²) in [7, 11) is 0. The summed E-state index contributed by atoms with van der Waals surface area (Å²) in [6.45, 7) is 6.72. The van der Waals surface area contributed by atoms with E-state index in [1.165, 1.54) is 0 Å². The minimum Gasteiger partial charge on any atom is -0.494 e. The average Bonchev–Trinajstić information content (AvgIpc) is 3.24. The van der Waals surface area contributed by atoms with Crippen molar-refractivity contribution in [1.82, 2.24) is 15.5 Å². The Hall–Kier alpha value is -3.46. The lowest BCUT2D eigenvalue weighted by Crippen LogP contribution is -2.28. The standard InChI is InChI=1S/C22H24N4O4S/c1-4-28-16-11-9-15(10-12-16)20-25-19(30-26-20)13-23-22(31)24-18-8-6-7-17(14(18)3)21(27)29-5-2/h6-12H,4-5,13H2,1-3H3,(H2,23,24,31). The lowest BCUT2D eigenvalue weighted by molar-refractivity contribution is 0.0525. The molecule has 1 aromatic heterocycles. The fraction of sp³-hybridized carbons (Fsp3) is 0.273. The maximum atomic E-state index is 12.1. The van der Waals surface area contributed by atoms with E-state index in [1.54, 1.807) is 19.1 Å². The summed E-state index contributed by atoms with van der Waals surface area (Å²) in [5.41, 5.74) is 2.78. The molecule has 0 amide bonds. The van der Waals surface area contributed by atoms with Crippen LogP contribution in [0.15, 0.2) is 47.0 Å². The molecule has 0 aliphatic carbocycles. The van der Waals surface area contributed by atoms with Crippen LogP contribution in [0, 0.1) is 6.92 Å². The molecule has 9 heteroatoms. The number of aromatic nitrogens is 2. The second-order valence-corrected chi connectivity index (χ2v) is 6.88. The van der Waals surface area contributed by atoms with Crippen LogP contribution in [0.25, 0.3) is 11.4 Å². The molecule has 0 spiro atoms. The Kier molecular flexibility index (Phi) is 7.55. The number of nitrogens with zero attached hydrogens (tertiary/aromatic N) is 2. The van der Waals surface area contributed by atoms with Crippen LogP contribution in [-0.4, -0.2) is 34.4 Å². The van der Waals surface area contributed by atoms with Gasteiger partial charge in [0, 0.05) is 11.3 Å². The van der Waals surface area contributed by atoms with Gasteiger partial charge in [-0.25, -0.2) is 4.79 Å². The fourth-order valence-electron chi connectivity index (χ4n) is 2.83. The molecule has 2 N–H and O–H groups in total. The molecule has 0 atom stereocenters. The summed E-state index contributed by atoms with van der Waals surface area (Å²) < 4.78 is 15.8. The predicted octanol–water partition coefficient (Wildman–Crippen LogP) is 4.11. The second kappa shape index (κ2) is 10.5. The summed E-state index contributed by atoms with van der Waals surface area (Å²) in [5, 5.41) is 10.5. The number of ether oxygens (including phenoxy) is 2. The summed E-state index contributed by atoms with van der Waals surface area (Å²) in [5.74, 6) is 1.30. The van der Waals surface area contributed by atoms with Gasteiger partial charge in [-0.2, -0.15) is 4.98 Å². The van der Waals surface area contributed by atoms with Gasteiger partial charge in [-0.1, -0.05) is 11.2 Å². The number of hydrogen-bond acceptors (Lipinski definition) is 7. The van der Waals surface area contributed by atoms with E-state index in [4.69, 9.17) is 26.2 Å². The molecule has 0 bridgehead atoms. The molecule has 3 aromatic rings. The second-order valence-electron chi connectivity index (χ2n) is 6.48. The van der Waals surface area contributed by atoms with Crippen molar-refractivity contribution in [3.8, 4) is 17.1 Å². The van der Waals surface area contributed by atoms with Crippen molar-refractivity contribution >= 4 is 29.0 Å². The molecular weight excluding hydrogens is 416 g/mol. The minimum absolute atomic E-state index is 0.256. The molecule has 0 saturated heterocycles. The molecule has 0 radical (unpaired) electrons. The van der Waals surface area contributed by atoms with E-state index in [1.807, 2.05) is 44.2 Å². The number of esters is 1. The van der Waals surface area contributed by atoms with Crippen molar-refractivity contribution in [1.29, 1.82) is 0 Å².